The van der Waals surface area contributed by atoms with Gasteiger partial charge < -0.3 is 9.80 Å². The van der Waals surface area contributed by atoms with Crippen molar-refractivity contribution in [1.82, 2.24) is 0 Å². The van der Waals surface area contributed by atoms with Crippen LogP contribution in [0.15, 0.2) is 30.3 Å². The molecule has 1 heterocycles. The van der Waals surface area contributed by atoms with Crippen molar-refractivity contribution < 1.29 is 13.2 Å². The van der Waals surface area contributed by atoms with E-state index >= 15 is 0 Å². The van der Waals surface area contributed by atoms with Crippen LogP contribution in [-0.2, 0) is 6.18 Å². The largest absolute Gasteiger partial charge is 0.416 e. The summed E-state index contributed by atoms with van der Waals surface area (Å²) in [6.45, 7) is 9.38. The second-order valence-electron chi connectivity index (χ2n) is 6.11. The van der Waals surface area contributed by atoms with E-state index in [9.17, 15) is 13.2 Å². The fourth-order valence-electron chi connectivity index (χ4n) is 3.30. The molecule has 2 nitrogen and oxygen atoms in total. The van der Waals surface area contributed by atoms with Gasteiger partial charge in [-0.1, -0.05) is 0 Å². The van der Waals surface area contributed by atoms with Gasteiger partial charge in [-0.15, -0.1) is 0 Å². The topological polar surface area (TPSA) is 6.48 Å². The monoisotopic (exact) mass is 334 g/mol. The highest BCUT2D eigenvalue weighted by molar-refractivity contribution is 5.94. The van der Waals surface area contributed by atoms with Gasteiger partial charge in [0.2, 0.25) is 0 Å². The zero-order valence-electron chi connectivity index (χ0n) is 14.3. The summed E-state index contributed by atoms with van der Waals surface area (Å²) in [4.78, 5) is 4.06. The molecule has 0 saturated carbocycles. The minimum Gasteiger partial charge on any atom is -0.338 e. The molecule has 0 aromatic heterocycles. The number of hydrogen-bond donors (Lipinski definition) is 0. The number of hydrogen-bond acceptors (Lipinski definition) is 2. The molecule has 128 valence electrons. The van der Waals surface area contributed by atoms with Gasteiger partial charge in [0.25, 0.3) is 0 Å². The van der Waals surface area contributed by atoms with E-state index in [4.69, 9.17) is 0 Å². The van der Waals surface area contributed by atoms with E-state index in [0.29, 0.717) is 18.8 Å². The van der Waals surface area contributed by atoms with Crippen LogP contribution in [0.3, 0.4) is 0 Å². The quantitative estimate of drug-likeness (QED) is 0.669. The predicted molar refractivity (Wildman–Crippen MR) is 92.7 cm³/mol. The van der Waals surface area contributed by atoms with E-state index in [1.807, 2.05) is 25.7 Å². The Kier molecular flexibility index (Phi) is 3.98. The molecule has 0 spiro atoms. The molecule has 0 saturated heterocycles. The molecular weight excluding hydrogens is 313 g/mol. The highest BCUT2D eigenvalue weighted by Gasteiger charge is 2.34. The summed E-state index contributed by atoms with van der Waals surface area (Å²) in [5.74, 6) is 0. The summed E-state index contributed by atoms with van der Waals surface area (Å²) in [5.41, 5.74) is 5.16. The fourth-order valence-corrected chi connectivity index (χ4v) is 3.30. The second kappa shape index (κ2) is 5.72. The van der Waals surface area contributed by atoms with Crippen LogP contribution in [0, 0.1) is 13.8 Å². The van der Waals surface area contributed by atoms with Crippen molar-refractivity contribution in [2.75, 3.05) is 22.9 Å². The summed E-state index contributed by atoms with van der Waals surface area (Å²) in [5, 5.41) is 0. The van der Waals surface area contributed by atoms with Gasteiger partial charge in [-0.05, 0) is 69.2 Å². The number of aryl methyl sites for hydroxylation is 2. The highest BCUT2D eigenvalue weighted by Crippen LogP contribution is 2.49. The molecule has 0 atom stereocenters. The summed E-state index contributed by atoms with van der Waals surface area (Å²) in [6, 6.07) is 8.21. The van der Waals surface area contributed by atoms with Gasteiger partial charge in [-0.25, -0.2) is 0 Å². The molecular formula is C19H21F3N2. The molecule has 2 aromatic rings. The van der Waals surface area contributed by atoms with Crippen molar-refractivity contribution in [2.24, 2.45) is 0 Å². The van der Waals surface area contributed by atoms with Crippen LogP contribution >= 0.6 is 0 Å². The Morgan fingerprint density at radius 3 is 1.67 bits per heavy atom. The molecule has 0 fully saturated rings. The van der Waals surface area contributed by atoms with Crippen LogP contribution < -0.4 is 9.80 Å². The molecule has 2 aromatic carbocycles. The summed E-state index contributed by atoms with van der Waals surface area (Å²) in [6.07, 6.45) is -4.34. The van der Waals surface area contributed by atoms with Crippen LogP contribution in [0.5, 0.6) is 0 Å². The van der Waals surface area contributed by atoms with E-state index in [1.165, 1.54) is 17.7 Å². The minimum atomic E-state index is -4.34. The van der Waals surface area contributed by atoms with Crippen LogP contribution in [-0.4, -0.2) is 13.1 Å². The van der Waals surface area contributed by atoms with Crippen LogP contribution in [0.1, 0.15) is 30.5 Å². The number of anilines is 4. The van der Waals surface area contributed by atoms with Crippen molar-refractivity contribution in [3.63, 3.8) is 0 Å². The lowest BCUT2D eigenvalue weighted by atomic mass is 10.0. The van der Waals surface area contributed by atoms with E-state index in [1.54, 1.807) is 6.07 Å². The maximum Gasteiger partial charge on any atom is 0.416 e. The smallest absolute Gasteiger partial charge is 0.338 e. The number of halogens is 3. The van der Waals surface area contributed by atoms with Crippen LogP contribution in [0.2, 0.25) is 0 Å². The first kappa shape index (κ1) is 16.7. The number of benzene rings is 2. The number of rotatable bonds is 2. The first-order valence-corrected chi connectivity index (χ1v) is 8.15. The molecule has 0 amide bonds. The lowest BCUT2D eigenvalue weighted by Gasteiger charge is -2.40. The first-order chi connectivity index (χ1) is 11.3. The maximum absolute atomic E-state index is 13.1. The fraction of sp³-hybridized carbons (Fsp3) is 0.368. The van der Waals surface area contributed by atoms with Gasteiger partial charge in [0.1, 0.15) is 0 Å². The molecule has 0 N–H and O–H groups in total. The molecule has 24 heavy (non-hydrogen) atoms. The molecule has 1 aliphatic heterocycles. The van der Waals surface area contributed by atoms with Crippen molar-refractivity contribution in [3.05, 3.63) is 47.0 Å². The average Bonchev–Trinajstić information content (AvgIpc) is 2.52. The zero-order valence-corrected chi connectivity index (χ0v) is 14.3. The predicted octanol–water partition coefficient (Wildman–Crippen LogP) is 5.95. The summed E-state index contributed by atoms with van der Waals surface area (Å²) >= 11 is 0. The molecule has 5 heteroatoms. The molecule has 3 rings (SSSR count). The van der Waals surface area contributed by atoms with Crippen molar-refractivity contribution in [3.8, 4) is 0 Å². The Morgan fingerprint density at radius 2 is 1.21 bits per heavy atom. The lowest BCUT2D eigenvalue weighted by molar-refractivity contribution is -0.137. The Balaban J connectivity index is 2.26. The van der Waals surface area contributed by atoms with Crippen molar-refractivity contribution in [1.29, 1.82) is 0 Å². The van der Waals surface area contributed by atoms with Crippen LogP contribution in [0.4, 0.5) is 35.9 Å². The molecule has 0 bridgehead atoms. The van der Waals surface area contributed by atoms with Gasteiger partial charge in [0.05, 0.1) is 28.3 Å². The van der Waals surface area contributed by atoms with Crippen molar-refractivity contribution in [2.45, 2.75) is 33.9 Å². The molecule has 0 aliphatic carbocycles. The van der Waals surface area contributed by atoms with Crippen LogP contribution in [0.25, 0.3) is 0 Å². The Labute approximate surface area is 140 Å². The normalized spacial score (nSPS) is 13.8. The Hall–Kier alpha value is -2.17. The average molecular weight is 334 g/mol. The van der Waals surface area contributed by atoms with E-state index in [0.717, 1.165) is 22.6 Å². The standard InChI is InChI=1S/C19H21F3N2/c1-5-23-15-8-7-14(19(20,21)22)11-18(15)24(6-2)17-10-13(4)12(3)9-16(17)23/h7-11H,5-6H2,1-4H3. The van der Waals surface area contributed by atoms with Gasteiger partial charge in [-0.2, -0.15) is 13.2 Å². The SMILES string of the molecule is CCN1c2ccc(C(F)(F)F)cc2N(CC)c2cc(C)c(C)cc21. The Bertz CT molecular complexity index is 781. The highest BCUT2D eigenvalue weighted by atomic mass is 19.4. The minimum absolute atomic E-state index is 0.608. The zero-order chi connectivity index (χ0) is 17.6. The third-order valence-corrected chi connectivity index (χ3v) is 4.69. The number of nitrogens with zero attached hydrogens (tertiary/aromatic N) is 2. The summed E-state index contributed by atoms with van der Waals surface area (Å²) in [7, 11) is 0. The van der Waals surface area contributed by atoms with Gasteiger partial charge in [0, 0.05) is 13.1 Å². The van der Waals surface area contributed by atoms with Crippen molar-refractivity contribution >= 4 is 22.7 Å². The van der Waals surface area contributed by atoms with Gasteiger partial charge >= 0.3 is 6.18 Å². The maximum atomic E-state index is 13.1. The first-order valence-electron chi connectivity index (χ1n) is 8.15. The number of alkyl halides is 3. The molecule has 0 unspecified atom stereocenters. The van der Waals surface area contributed by atoms with E-state index in [-0.39, 0.29) is 0 Å². The lowest BCUT2D eigenvalue weighted by Crippen LogP contribution is -2.30. The van der Waals surface area contributed by atoms with Gasteiger partial charge in [-0.3, -0.25) is 0 Å². The second-order valence-corrected chi connectivity index (χ2v) is 6.11. The van der Waals surface area contributed by atoms with E-state index in [2.05, 4.69) is 24.0 Å². The molecule has 1 aliphatic rings. The summed E-state index contributed by atoms with van der Waals surface area (Å²) < 4.78 is 39.4. The number of fused-ring (bicyclic) bond motifs is 2. The third-order valence-electron chi connectivity index (χ3n) is 4.69. The molecule has 0 radical (unpaired) electrons. The van der Waals surface area contributed by atoms with Gasteiger partial charge in [0.15, 0.2) is 0 Å². The van der Waals surface area contributed by atoms with E-state index < -0.39 is 11.7 Å². The Morgan fingerprint density at radius 1 is 0.750 bits per heavy atom. The third kappa shape index (κ3) is 2.52.